The molecule has 4 aromatic rings. The van der Waals surface area contributed by atoms with Crippen molar-refractivity contribution in [3.8, 4) is 5.75 Å². The summed E-state index contributed by atoms with van der Waals surface area (Å²) in [6.45, 7) is 2.34. The van der Waals surface area contributed by atoms with Gasteiger partial charge >= 0.3 is 0 Å². The first-order valence-electron chi connectivity index (χ1n) is 13.9. The van der Waals surface area contributed by atoms with Crippen LogP contribution in [0, 0.1) is 0 Å². The number of pyridine rings is 1. The van der Waals surface area contributed by atoms with Crippen molar-refractivity contribution in [1.29, 1.82) is 0 Å². The van der Waals surface area contributed by atoms with E-state index in [1.807, 2.05) is 70.2 Å². The lowest BCUT2D eigenvalue weighted by molar-refractivity contribution is 0.0672. The van der Waals surface area contributed by atoms with E-state index in [4.69, 9.17) is 9.47 Å². The minimum absolute atomic E-state index is 0.0822. The molecule has 0 saturated heterocycles. The van der Waals surface area contributed by atoms with Gasteiger partial charge in [-0.2, -0.15) is 0 Å². The molecule has 0 N–H and O–H groups in total. The molecule has 0 saturated carbocycles. The van der Waals surface area contributed by atoms with E-state index in [0.717, 1.165) is 41.5 Å². The molecule has 0 radical (unpaired) electrons. The summed E-state index contributed by atoms with van der Waals surface area (Å²) in [5, 5.41) is 2.16. The SMILES string of the molecule is O=C1c2c(OCc3ccccc3)c(=O)ccn2N2CN1CCCCCOCc1ccccc1C2c1ccccc1. The van der Waals surface area contributed by atoms with Gasteiger partial charge in [0.1, 0.15) is 13.3 Å². The predicted molar refractivity (Wildman–Crippen MR) is 154 cm³/mol. The molecule has 0 aliphatic carbocycles. The Morgan fingerprint density at radius 1 is 0.825 bits per heavy atom. The first kappa shape index (κ1) is 25.9. The van der Waals surface area contributed by atoms with Crippen LogP contribution in [0.15, 0.2) is 102 Å². The van der Waals surface area contributed by atoms with Gasteiger partial charge in [0, 0.05) is 25.4 Å². The fraction of sp³-hybridized carbons (Fsp3) is 0.273. The first-order valence-corrected chi connectivity index (χ1v) is 13.9. The van der Waals surface area contributed by atoms with Crippen molar-refractivity contribution in [1.82, 2.24) is 9.58 Å². The van der Waals surface area contributed by atoms with E-state index in [-0.39, 0.29) is 35.4 Å². The Bertz CT molecular complexity index is 1520. The first-order chi connectivity index (χ1) is 19.7. The van der Waals surface area contributed by atoms with Crippen LogP contribution in [-0.4, -0.2) is 35.3 Å². The largest absolute Gasteiger partial charge is 0.482 e. The molecule has 1 atom stereocenters. The van der Waals surface area contributed by atoms with Gasteiger partial charge in [-0.15, -0.1) is 0 Å². The molecule has 2 bridgehead atoms. The quantitative estimate of drug-likeness (QED) is 0.356. The molecule has 1 aromatic heterocycles. The van der Waals surface area contributed by atoms with Crippen LogP contribution < -0.4 is 15.2 Å². The van der Waals surface area contributed by atoms with Gasteiger partial charge in [-0.3, -0.25) is 19.3 Å². The summed E-state index contributed by atoms with van der Waals surface area (Å²) in [7, 11) is 0. The van der Waals surface area contributed by atoms with Crippen molar-refractivity contribution < 1.29 is 14.3 Å². The van der Waals surface area contributed by atoms with E-state index in [1.54, 1.807) is 6.20 Å². The molecule has 3 heterocycles. The molecule has 2 aliphatic heterocycles. The molecule has 7 heteroatoms. The normalized spacial score (nSPS) is 17.6. The minimum Gasteiger partial charge on any atom is -0.482 e. The molecule has 1 amide bonds. The number of hydrogen-bond acceptors (Lipinski definition) is 5. The van der Waals surface area contributed by atoms with Gasteiger partial charge in [0.15, 0.2) is 11.4 Å². The maximum atomic E-state index is 14.0. The van der Waals surface area contributed by atoms with Crippen LogP contribution in [0.25, 0.3) is 0 Å². The van der Waals surface area contributed by atoms with Crippen LogP contribution in [0.2, 0.25) is 0 Å². The maximum Gasteiger partial charge on any atom is 0.277 e. The topological polar surface area (TPSA) is 64.0 Å². The maximum absolute atomic E-state index is 14.0. The average Bonchev–Trinajstić information content (AvgIpc) is 3.00. The van der Waals surface area contributed by atoms with Crippen molar-refractivity contribution in [2.24, 2.45) is 0 Å². The molecule has 6 rings (SSSR count). The molecular weight excluding hydrogens is 502 g/mol. The number of benzene rings is 3. The lowest BCUT2D eigenvalue weighted by Gasteiger charge is -2.44. The van der Waals surface area contributed by atoms with Crippen LogP contribution in [0.3, 0.4) is 0 Å². The number of fused-ring (bicyclic) bond motifs is 5. The Hall–Kier alpha value is -4.36. The number of hydrogen-bond donors (Lipinski definition) is 0. The summed E-state index contributed by atoms with van der Waals surface area (Å²) in [5.41, 5.74) is 4.16. The van der Waals surface area contributed by atoms with Gasteiger partial charge < -0.3 is 14.4 Å². The zero-order valence-electron chi connectivity index (χ0n) is 22.4. The third-order valence-corrected chi connectivity index (χ3v) is 7.58. The van der Waals surface area contributed by atoms with Gasteiger partial charge in [-0.05, 0) is 41.5 Å². The number of carbonyl (C=O) groups is 1. The van der Waals surface area contributed by atoms with E-state index in [0.29, 0.717) is 26.4 Å². The Morgan fingerprint density at radius 3 is 2.40 bits per heavy atom. The monoisotopic (exact) mass is 535 g/mol. The minimum atomic E-state index is -0.305. The predicted octanol–water partition coefficient (Wildman–Crippen LogP) is 5.27. The van der Waals surface area contributed by atoms with Crippen LogP contribution >= 0.6 is 0 Å². The highest BCUT2D eigenvalue weighted by atomic mass is 16.5. The molecule has 204 valence electrons. The molecule has 3 aromatic carbocycles. The summed E-state index contributed by atoms with van der Waals surface area (Å²) >= 11 is 0. The van der Waals surface area contributed by atoms with Crippen molar-refractivity contribution >= 4 is 5.91 Å². The second-order valence-corrected chi connectivity index (χ2v) is 10.3. The molecule has 7 nitrogen and oxygen atoms in total. The molecule has 0 fully saturated rings. The smallest absolute Gasteiger partial charge is 0.277 e. The summed E-state index contributed by atoms with van der Waals surface area (Å²) in [6.07, 6.45) is 4.43. The fourth-order valence-corrected chi connectivity index (χ4v) is 5.57. The summed E-state index contributed by atoms with van der Waals surface area (Å²) < 4.78 is 14.1. The highest BCUT2D eigenvalue weighted by Gasteiger charge is 2.37. The third-order valence-electron chi connectivity index (χ3n) is 7.58. The van der Waals surface area contributed by atoms with Crippen LogP contribution in [0.5, 0.6) is 5.75 Å². The lowest BCUT2D eigenvalue weighted by Crippen LogP contribution is -2.56. The van der Waals surface area contributed by atoms with Gasteiger partial charge in [0.2, 0.25) is 5.43 Å². The van der Waals surface area contributed by atoms with Gasteiger partial charge in [0.05, 0.1) is 12.6 Å². The number of amides is 1. The van der Waals surface area contributed by atoms with Gasteiger partial charge in [-0.1, -0.05) is 84.9 Å². The number of ether oxygens (including phenoxy) is 2. The fourth-order valence-electron chi connectivity index (χ4n) is 5.57. The van der Waals surface area contributed by atoms with Crippen molar-refractivity contribution in [2.75, 3.05) is 24.8 Å². The molecular formula is C33H33N3O4. The van der Waals surface area contributed by atoms with Crippen molar-refractivity contribution in [3.63, 3.8) is 0 Å². The summed E-state index contributed by atoms with van der Waals surface area (Å²) in [5.74, 6) is -0.109. The zero-order valence-corrected chi connectivity index (χ0v) is 22.4. The van der Waals surface area contributed by atoms with Crippen molar-refractivity contribution in [3.05, 3.63) is 135 Å². The number of carbonyl (C=O) groups excluding carboxylic acids is 1. The number of aromatic nitrogens is 1. The molecule has 40 heavy (non-hydrogen) atoms. The van der Waals surface area contributed by atoms with E-state index in [9.17, 15) is 9.59 Å². The lowest BCUT2D eigenvalue weighted by atomic mass is 9.94. The highest BCUT2D eigenvalue weighted by Crippen LogP contribution is 2.34. The molecule has 0 spiro atoms. The summed E-state index contributed by atoms with van der Waals surface area (Å²) in [6, 6.07) is 29.5. The number of nitrogens with zero attached hydrogens (tertiary/aromatic N) is 3. The Kier molecular flexibility index (Phi) is 7.64. The van der Waals surface area contributed by atoms with Gasteiger partial charge in [0.25, 0.3) is 5.91 Å². The Balaban J connectivity index is 1.52. The van der Waals surface area contributed by atoms with E-state index < -0.39 is 0 Å². The van der Waals surface area contributed by atoms with Crippen molar-refractivity contribution in [2.45, 2.75) is 38.5 Å². The van der Waals surface area contributed by atoms with Crippen LogP contribution in [-0.2, 0) is 18.0 Å². The van der Waals surface area contributed by atoms with E-state index in [1.165, 1.54) is 6.07 Å². The second kappa shape index (κ2) is 11.8. The van der Waals surface area contributed by atoms with Crippen LogP contribution in [0.1, 0.15) is 58.0 Å². The van der Waals surface area contributed by atoms with Gasteiger partial charge in [-0.25, -0.2) is 0 Å². The Labute approximate surface area is 234 Å². The highest BCUT2D eigenvalue weighted by molar-refractivity contribution is 5.96. The molecule has 1 unspecified atom stereocenters. The van der Waals surface area contributed by atoms with E-state index >= 15 is 0 Å². The summed E-state index contributed by atoms with van der Waals surface area (Å²) in [4.78, 5) is 29.1. The average molecular weight is 536 g/mol. The standard InChI is InChI=1S/C33H33N3O4/c37-29-18-20-35-31(32(29)40-22-25-12-4-1-5-13-25)33(38)34-19-10-3-11-21-39-23-27-16-8-9-17-28(27)30(36(35)24-34)26-14-6-2-7-15-26/h1-2,4-9,12-18,20,30H,3,10-11,19,21-24H2. The Morgan fingerprint density at radius 2 is 1.57 bits per heavy atom. The molecule has 2 aliphatic rings. The second-order valence-electron chi connectivity index (χ2n) is 10.3. The van der Waals surface area contributed by atoms with Crippen LogP contribution in [0.4, 0.5) is 0 Å². The van der Waals surface area contributed by atoms with E-state index in [2.05, 4.69) is 29.3 Å². The third kappa shape index (κ3) is 5.25. The zero-order chi connectivity index (χ0) is 27.3. The number of rotatable bonds is 4.